The molecule has 0 saturated carbocycles. The number of para-hydroxylation sites is 1. The average molecular weight is 379 g/mol. The Kier molecular flexibility index (Phi) is 4.42. The molecule has 3 nitrogen and oxygen atoms in total. The lowest BCUT2D eigenvalue weighted by Crippen LogP contribution is -2.30. The molecule has 0 radical (unpaired) electrons. The van der Waals surface area contributed by atoms with Crippen molar-refractivity contribution in [2.24, 2.45) is 0 Å². The van der Waals surface area contributed by atoms with Crippen LogP contribution in [-0.4, -0.2) is 36.1 Å². The summed E-state index contributed by atoms with van der Waals surface area (Å²) in [6.45, 7) is 4.00. The summed E-state index contributed by atoms with van der Waals surface area (Å²) in [6, 6.07) is 12.7. The first-order valence-corrected chi connectivity index (χ1v) is 10.1. The Bertz CT molecular complexity index is 1020. The van der Waals surface area contributed by atoms with Crippen molar-refractivity contribution >= 4 is 28.1 Å². The van der Waals surface area contributed by atoms with Gasteiger partial charge < -0.3 is 9.72 Å². The van der Waals surface area contributed by atoms with Crippen LogP contribution in [0.2, 0.25) is 5.02 Å². The Morgan fingerprint density at radius 2 is 2.11 bits per heavy atom. The maximum atomic E-state index is 6.08. The quantitative estimate of drug-likeness (QED) is 0.685. The third kappa shape index (κ3) is 3.26. The molecule has 1 aromatic heterocycles. The van der Waals surface area contributed by atoms with E-state index in [1.807, 2.05) is 12.1 Å². The molecule has 3 heterocycles. The second-order valence-electron chi connectivity index (χ2n) is 7.43. The van der Waals surface area contributed by atoms with Crippen LogP contribution < -0.4 is 4.74 Å². The standard InChI is InChI=1S/C23H23ClN2O/c24-19-4-5-20-18(15-25-22(20)14-19)8-12-26-10-6-16(7-11-26)21-3-1-2-17-9-13-27-23(17)21/h1-6,14-15,25H,7-13H2. The first-order valence-electron chi connectivity index (χ1n) is 9.70. The lowest BCUT2D eigenvalue weighted by molar-refractivity contribution is 0.305. The molecule has 1 N–H and O–H groups in total. The number of aromatic nitrogens is 1. The molecule has 0 unspecified atom stereocenters. The summed E-state index contributed by atoms with van der Waals surface area (Å²) < 4.78 is 5.89. The summed E-state index contributed by atoms with van der Waals surface area (Å²) in [5.41, 5.74) is 6.59. The smallest absolute Gasteiger partial charge is 0.130 e. The fourth-order valence-corrected chi connectivity index (χ4v) is 4.44. The van der Waals surface area contributed by atoms with Gasteiger partial charge in [0.1, 0.15) is 5.75 Å². The number of nitrogens with zero attached hydrogens (tertiary/aromatic N) is 1. The molecule has 138 valence electrons. The maximum absolute atomic E-state index is 6.08. The topological polar surface area (TPSA) is 28.3 Å². The summed E-state index contributed by atoms with van der Waals surface area (Å²) in [6.07, 6.45) is 7.68. The number of halogens is 1. The van der Waals surface area contributed by atoms with Crippen molar-refractivity contribution in [3.05, 3.63) is 70.4 Å². The number of hydrogen-bond donors (Lipinski definition) is 1. The van der Waals surface area contributed by atoms with E-state index in [-0.39, 0.29) is 0 Å². The highest BCUT2D eigenvalue weighted by Crippen LogP contribution is 2.36. The predicted octanol–water partition coefficient (Wildman–Crippen LogP) is 5.09. The van der Waals surface area contributed by atoms with E-state index in [2.05, 4.69) is 46.4 Å². The molecule has 0 bridgehead atoms. The number of rotatable bonds is 4. The largest absolute Gasteiger partial charge is 0.492 e. The Morgan fingerprint density at radius 3 is 3.00 bits per heavy atom. The van der Waals surface area contributed by atoms with E-state index >= 15 is 0 Å². The van der Waals surface area contributed by atoms with Crippen LogP contribution >= 0.6 is 11.6 Å². The lowest BCUT2D eigenvalue weighted by atomic mass is 9.96. The van der Waals surface area contributed by atoms with E-state index in [4.69, 9.17) is 16.3 Å². The molecule has 0 aliphatic carbocycles. The molecular formula is C23H23ClN2O. The van der Waals surface area contributed by atoms with E-state index in [0.717, 1.165) is 61.8 Å². The highest BCUT2D eigenvalue weighted by atomic mass is 35.5. The SMILES string of the molecule is Clc1ccc2c(CCN3CC=C(c4cccc5c4OCC5)CC3)c[nH]c2c1. The zero-order valence-corrected chi connectivity index (χ0v) is 16.1. The van der Waals surface area contributed by atoms with Gasteiger partial charge in [0.15, 0.2) is 0 Å². The molecule has 4 heteroatoms. The van der Waals surface area contributed by atoms with Crippen molar-refractivity contribution in [2.75, 3.05) is 26.2 Å². The van der Waals surface area contributed by atoms with Crippen molar-refractivity contribution in [3.8, 4) is 5.75 Å². The van der Waals surface area contributed by atoms with Gasteiger partial charge in [0.05, 0.1) is 6.61 Å². The van der Waals surface area contributed by atoms with Gasteiger partial charge in [-0.25, -0.2) is 0 Å². The Balaban J connectivity index is 1.26. The van der Waals surface area contributed by atoms with E-state index < -0.39 is 0 Å². The van der Waals surface area contributed by atoms with Crippen molar-refractivity contribution in [2.45, 2.75) is 19.3 Å². The van der Waals surface area contributed by atoms with E-state index in [0.29, 0.717) is 0 Å². The number of fused-ring (bicyclic) bond motifs is 2. The minimum Gasteiger partial charge on any atom is -0.492 e. The number of benzene rings is 2. The predicted molar refractivity (Wildman–Crippen MR) is 112 cm³/mol. The van der Waals surface area contributed by atoms with E-state index in [1.165, 1.54) is 27.6 Å². The number of H-pyrrole nitrogens is 1. The molecule has 27 heavy (non-hydrogen) atoms. The fraction of sp³-hybridized carbons (Fsp3) is 0.304. The molecular weight excluding hydrogens is 356 g/mol. The third-order valence-corrected chi connectivity index (χ3v) is 6.02. The Hall–Kier alpha value is -2.23. The fourth-order valence-electron chi connectivity index (χ4n) is 4.27. The highest BCUT2D eigenvalue weighted by molar-refractivity contribution is 6.31. The Labute approximate surface area is 164 Å². The summed E-state index contributed by atoms with van der Waals surface area (Å²) in [7, 11) is 0. The van der Waals surface area contributed by atoms with Gasteiger partial charge in [-0.3, -0.25) is 4.90 Å². The van der Waals surface area contributed by atoms with Crippen LogP contribution in [0.1, 0.15) is 23.1 Å². The molecule has 0 fully saturated rings. The molecule has 0 saturated heterocycles. The van der Waals surface area contributed by atoms with Crippen molar-refractivity contribution in [3.63, 3.8) is 0 Å². The van der Waals surface area contributed by atoms with Crippen molar-refractivity contribution < 1.29 is 4.74 Å². The monoisotopic (exact) mass is 378 g/mol. The first kappa shape index (κ1) is 16.9. The van der Waals surface area contributed by atoms with Crippen molar-refractivity contribution in [1.82, 2.24) is 9.88 Å². The number of aromatic amines is 1. The number of hydrogen-bond acceptors (Lipinski definition) is 2. The van der Waals surface area contributed by atoms with Crippen LogP contribution in [0.15, 0.2) is 48.7 Å². The molecule has 0 atom stereocenters. The number of nitrogens with one attached hydrogen (secondary N) is 1. The van der Waals surface area contributed by atoms with E-state index in [1.54, 1.807) is 0 Å². The van der Waals surface area contributed by atoms with Gasteiger partial charge in [-0.2, -0.15) is 0 Å². The minimum absolute atomic E-state index is 0.779. The van der Waals surface area contributed by atoms with Gasteiger partial charge in [0.2, 0.25) is 0 Å². The van der Waals surface area contributed by atoms with Crippen molar-refractivity contribution in [1.29, 1.82) is 0 Å². The maximum Gasteiger partial charge on any atom is 0.130 e. The van der Waals surface area contributed by atoms with Gasteiger partial charge in [-0.15, -0.1) is 0 Å². The van der Waals surface area contributed by atoms with Crippen LogP contribution in [0.25, 0.3) is 16.5 Å². The van der Waals surface area contributed by atoms with Crippen LogP contribution in [-0.2, 0) is 12.8 Å². The summed E-state index contributed by atoms with van der Waals surface area (Å²) in [5.74, 6) is 1.12. The van der Waals surface area contributed by atoms with Crippen LogP contribution in [0.3, 0.4) is 0 Å². The third-order valence-electron chi connectivity index (χ3n) is 5.78. The summed E-state index contributed by atoms with van der Waals surface area (Å²) in [5, 5.41) is 2.06. The second-order valence-corrected chi connectivity index (χ2v) is 7.86. The van der Waals surface area contributed by atoms with Gasteiger partial charge >= 0.3 is 0 Å². The number of ether oxygens (including phenoxy) is 1. The average Bonchev–Trinajstić information content (AvgIpc) is 3.33. The van der Waals surface area contributed by atoms with Gasteiger partial charge in [-0.05, 0) is 41.7 Å². The van der Waals surface area contributed by atoms with Crippen LogP contribution in [0.5, 0.6) is 5.75 Å². The second kappa shape index (κ2) is 7.06. The molecule has 0 spiro atoms. The summed E-state index contributed by atoms with van der Waals surface area (Å²) in [4.78, 5) is 5.87. The van der Waals surface area contributed by atoms with Gasteiger partial charge in [0, 0.05) is 53.7 Å². The minimum atomic E-state index is 0.779. The molecule has 5 rings (SSSR count). The molecule has 2 aliphatic rings. The van der Waals surface area contributed by atoms with Crippen LogP contribution in [0.4, 0.5) is 0 Å². The molecule has 3 aromatic rings. The molecule has 2 aliphatic heterocycles. The Morgan fingerprint density at radius 1 is 1.15 bits per heavy atom. The summed E-state index contributed by atoms with van der Waals surface area (Å²) >= 11 is 6.08. The zero-order chi connectivity index (χ0) is 18.2. The van der Waals surface area contributed by atoms with Crippen LogP contribution in [0, 0.1) is 0 Å². The van der Waals surface area contributed by atoms with E-state index in [9.17, 15) is 0 Å². The normalized spacial score (nSPS) is 17.0. The first-order chi connectivity index (χ1) is 13.3. The molecule has 0 amide bonds. The molecule has 2 aromatic carbocycles. The zero-order valence-electron chi connectivity index (χ0n) is 15.3. The van der Waals surface area contributed by atoms with Gasteiger partial charge in [0.25, 0.3) is 0 Å². The lowest BCUT2D eigenvalue weighted by Gasteiger charge is -2.27. The highest BCUT2D eigenvalue weighted by Gasteiger charge is 2.20. The van der Waals surface area contributed by atoms with Gasteiger partial charge in [-0.1, -0.05) is 41.9 Å².